The fraction of sp³-hybridized carbons (Fsp3) is 0.600. The van der Waals surface area contributed by atoms with Crippen molar-refractivity contribution in [2.24, 2.45) is 5.73 Å². The summed E-state index contributed by atoms with van der Waals surface area (Å²) >= 11 is 3.56. The number of hydrogen-bond donors (Lipinski definition) is 1. The molecule has 0 aliphatic carbocycles. The zero-order valence-electron chi connectivity index (χ0n) is 11.7. The smallest absolute Gasteiger partial charge is 0.133 e. The van der Waals surface area contributed by atoms with Gasteiger partial charge in [0.1, 0.15) is 5.75 Å². The van der Waals surface area contributed by atoms with Gasteiger partial charge in [0.05, 0.1) is 11.6 Å². The molecule has 1 heterocycles. The number of nitrogens with zero attached hydrogens (tertiary/aromatic N) is 1. The molecule has 1 aromatic rings. The summed E-state index contributed by atoms with van der Waals surface area (Å²) in [4.78, 5) is 2.56. The molecule has 19 heavy (non-hydrogen) atoms. The first-order valence-corrected chi connectivity index (χ1v) is 7.79. The highest BCUT2D eigenvalue weighted by Gasteiger charge is 2.29. The zero-order chi connectivity index (χ0) is 13.8. The van der Waals surface area contributed by atoms with E-state index < -0.39 is 0 Å². The van der Waals surface area contributed by atoms with Crippen LogP contribution in [0.2, 0.25) is 0 Å². The summed E-state index contributed by atoms with van der Waals surface area (Å²) < 4.78 is 6.29. The summed E-state index contributed by atoms with van der Waals surface area (Å²) in [7, 11) is 1.69. The quantitative estimate of drug-likeness (QED) is 0.901. The number of ether oxygens (including phenoxy) is 1. The van der Waals surface area contributed by atoms with E-state index in [0.29, 0.717) is 18.6 Å². The van der Waals surface area contributed by atoms with Crippen molar-refractivity contribution in [2.45, 2.75) is 38.3 Å². The maximum absolute atomic E-state index is 6.03. The van der Waals surface area contributed by atoms with Gasteiger partial charge in [-0.25, -0.2) is 0 Å². The molecule has 0 saturated carbocycles. The van der Waals surface area contributed by atoms with Crippen molar-refractivity contribution in [3.05, 3.63) is 28.2 Å². The van der Waals surface area contributed by atoms with Gasteiger partial charge in [0.2, 0.25) is 0 Å². The number of rotatable bonds is 5. The molecule has 1 aliphatic rings. The largest absolute Gasteiger partial charge is 0.496 e. The molecular formula is C15H23BrN2O. The number of hydrogen-bond acceptors (Lipinski definition) is 3. The van der Waals surface area contributed by atoms with Gasteiger partial charge in [0.15, 0.2) is 0 Å². The topological polar surface area (TPSA) is 38.5 Å². The van der Waals surface area contributed by atoms with Crippen LogP contribution in [0.1, 0.15) is 37.8 Å². The maximum Gasteiger partial charge on any atom is 0.133 e. The summed E-state index contributed by atoms with van der Waals surface area (Å²) in [6.45, 7) is 4.08. The van der Waals surface area contributed by atoms with Crippen LogP contribution in [0.5, 0.6) is 5.75 Å². The summed E-state index contributed by atoms with van der Waals surface area (Å²) in [5, 5.41) is 0. The normalized spacial score (nSPS) is 21.6. The molecule has 0 amide bonds. The first kappa shape index (κ1) is 14.8. The molecule has 0 aromatic heterocycles. The fourth-order valence-electron chi connectivity index (χ4n) is 3.06. The van der Waals surface area contributed by atoms with Crippen molar-refractivity contribution >= 4 is 15.9 Å². The summed E-state index contributed by atoms with van der Waals surface area (Å²) in [5.41, 5.74) is 7.31. The van der Waals surface area contributed by atoms with Crippen LogP contribution in [0.4, 0.5) is 0 Å². The van der Waals surface area contributed by atoms with E-state index in [-0.39, 0.29) is 0 Å². The Balaban J connectivity index is 2.24. The summed E-state index contributed by atoms with van der Waals surface area (Å²) in [6.07, 6.45) is 3.78. The van der Waals surface area contributed by atoms with Crippen LogP contribution < -0.4 is 10.5 Å². The van der Waals surface area contributed by atoms with Gasteiger partial charge in [0, 0.05) is 18.6 Å². The van der Waals surface area contributed by atoms with Gasteiger partial charge >= 0.3 is 0 Å². The standard InChI is InChI=1S/C15H23BrN2O/c1-3-12-5-4-8-18(12)14(10-17)11-6-7-15(19-2)13(16)9-11/h6-7,9,12,14H,3-5,8,10,17H2,1-2H3. The van der Waals surface area contributed by atoms with Crippen LogP contribution in [0.25, 0.3) is 0 Å². The highest BCUT2D eigenvalue weighted by Crippen LogP contribution is 2.34. The molecular weight excluding hydrogens is 304 g/mol. The van der Waals surface area contributed by atoms with E-state index in [9.17, 15) is 0 Å². The summed E-state index contributed by atoms with van der Waals surface area (Å²) in [5.74, 6) is 0.869. The van der Waals surface area contributed by atoms with Crippen LogP contribution >= 0.6 is 15.9 Å². The Morgan fingerprint density at radius 1 is 1.53 bits per heavy atom. The second-order valence-electron chi connectivity index (χ2n) is 5.09. The molecule has 106 valence electrons. The molecule has 0 spiro atoms. The van der Waals surface area contributed by atoms with Crippen LogP contribution in [0.15, 0.2) is 22.7 Å². The van der Waals surface area contributed by atoms with Gasteiger partial charge in [0.25, 0.3) is 0 Å². The molecule has 4 heteroatoms. The van der Waals surface area contributed by atoms with E-state index in [1.165, 1.54) is 24.8 Å². The Kier molecular flexibility index (Phi) is 5.25. The van der Waals surface area contributed by atoms with Crippen molar-refractivity contribution in [1.29, 1.82) is 0 Å². The van der Waals surface area contributed by atoms with E-state index in [2.05, 4.69) is 39.9 Å². The van der Waals surface area contributed by atoms with Crippen LogP contribution in [-0.4, -0.2) is 31.1 Å². The maximum atomic E-state index is 6.03. The van der Waals surface area contributed by atoms with Crippen LogP contribution in [0.3, 0.4) is 0 Å². The van der Waals surface area contributed by atoms with Crippen molar-refractivity contribution < 1.29 is 4.74 Å². The molecule has 0 bridgehead atoms. The third-order valence-corrected chi connectivity index (χ3v) is 4.70. The first-order valence-electron chi connectivity index (χ1n) is 7.00. The highest BCUT2D eigenvalue weighted by molar-refractivity contribution is 9.10. The van der Waals surface area contributed by atoms with Gasteiger partial charge in [-0.05, 0) is 59.4 Å². The van der Waals surface area contributed by atoms with Crippen LogP contribution in [0, 0.1) is 0 Å². The average molecular weight is 327 g/mol. The second kappa shape index (κ2) is 6.73. The lowest BCUT2D eigenvalue weighted by molar-refractivity contribution is 0.180. The lowest BCUT2D eigenvalue weighted by atomic mass is 10.0. The predicted molar refractivity (Wildman–Crippen MR) is 82.5 cm³/mol. The van der Waals surface area contributed by atoms with Gasteiger partial charge in [-0.1, -0.05) is 13.0 Å². The predicted octanol–water partition coefficient (Wildman–Crippen LogP) is 3.33. The number of benzene rings is 1. The first-order chi connectivity index (χ1) is 9.21. The molecule has 1 saturated heterocycles. The second-order valence-corrected chi connectivity index (χ2v) is 5.94. The number of halogens is 1. The Bertz CT molecular complexity index is 425. The highest BCUT2D eigenvalue weighted by atomic mass is 79.9. The molecule has 2 unspecified atom stereocenters. The molecule has 0 radical (unpaired) electrons. The molecule has 2 rings (SSSR count). The van der Waals surface area contributed by atoms with E-state index in [1.54, 1.807) is 7.11 Å². The number of likely N-dealkylation sites (tertiary alicyclic amines) is 1. The summed E-state index contributed by atoms with van der Waals surface area (Å²) in [6, 6.07) is 7.27. The van der Waals surface area contributed by atoms with E-state index in [0.717, 1.165) is 16.8 Å². The minimum absolute atomic E-state index is 0.314. The van der Waals surface area contributed by atoms with Gasteiger partial charge in [-0.3, -0.25) is 4.90 Å². The molecule has 1 fully saturated rings. The fourth-order valence-corrected chi connectivity index (χ4v) is 3.62. The Hall–Kier alpha value is -0.580. The Morgan fingerprint density at radius 3 is 2.89 bits per heavy atom. The lowest BCUT2D eigenvalue weighted by Crippen LogP contribution is -2.37. The van der Waals surface area contributed by atoms with Gasteiger partial charge < -0.3 is 10.5 Å². The third kappa shape index (κ3) is 3.12. The van der Waals surface area contributed by atoms with Crippen molar-refractivity contribution in [2.75, 3.05) is 20.2 Å². The molecule has 2 atom stereocenters. The zero-order valence-corrected chi connectivity index (χ0v) is 13.3. The van der Waals surface area contributed by atoms with Gasteiger partial charge in [-0.15, -0.1) is 0 Å². The average Bonchev–Trinajstić information content (AvgIpc) is 2.88. The van der Waals surface area contributed by atoms with Crippen molar-refractivity contribution in [3.63, 3.8) is 0 Å². The molecule has 1 aliphatic heterocycles. The van der Waals surface area contributed by atoms with Crippen molar-refractivity contribution in [3.8, 4) is 5.75 Å². The number of nitrogens with two attached hydrogens (primary N) is 1. The SMILES string of the molecule is CCC1CCCN1C(CN)c1ccc(OC)c(Br)c1. The number of methoxy groups -OCH3 is 1. The minimum atomic E-state index is 0.314. The minimum Gasteiger partial charge on any atom is -0.496 e. The Labute approximate surface area is 124 Å². The van der Waals surface area contributed by atoms with Gasteiger partial charge in [-0.2, -0.15) is 0 Å². The van der Waals surface area contributed by atoms with Crippen molar-refractivity contribution in [1.82, 2.24) is 4.90 Å². The third-order valence-electron chi connectivity index (χ3n) is 4.08. The van der Waals surface area contributed by atoms with E-state index in [4.69, 9.17) is 10.5 Å². The lowest BCUT2D eigenvalue weighted by Gasteiger charge is -2.32. The Morgan fingerprint density at radius 2 is 2.32 bits per heavy atom. The van der Waals surface area contributed by atoms with E-state index >= 15 is 0 Å². The monoisotopic (exact) mass is 326 g/mol. The molecule has 2 N–H and O–H groups in total. The van der Waals surface area contributed by atoms with Crippen LogP contribution in [-0.2, 0) is 0 Å². The molecule has 1 aromatic carbocycles. The molecule has 3 nitrogen and oxygen atoms in total. The van der Waals surface area contributed by atoms with E-state index in [1.807, 2.05) is 6.07 Å².